The van der Waals surface area contributed by atoms with E-state index in [1.807, 2.05) is 6.92 Å². The summed E-state index contributed by atoms with van der Waals surface area (Å²) in [4.78, 5) is 12.7. The standard InChI is InChI=1S/C17H23BrO4/c1-8-10-13(2,7-18)22-17(15(10,4)20)6-9-5-16(9)12(19)21-11(8)14(16,17)3/h8-11,20H,5-7H2,1-4H3/t8?,9-,10?,11?,13-,14?,15?,16+,17?/m1/s1. The maximum Gasteiger partial charge on any atom is 0.313 e. The molecule has 2 heterocycles. The number of aliphatic hydroxyl groups is 1. The van der Waals surface area contributed by atoms with Gasteiger partial charge in [-0.25, -0.2) is 0 Å². The molecule has 9 atom stereocenters. The van der Waals surface area contributed by atoms with Crippen LogP contribution in [0.25, 0.3) is 0 Å². The second-order valence-corrected chi connectivity index (χ2v) is 9.53. The Morgan fingerprint density at radius 1 is 1.32 bits per heavy atom. The first-order valence-corrected chi connectivity index (χ1v) is 9.44. The third kappa shape index (κ3) is 0.960. The molecule has 0 aromatic rings. The van der Waals surface area contributed by atoms with E-state index in [1.165, 1.54) is 0 Å². The van der Waals surface area contributed by atoms with Crippen LogP contribution in [0.2, 0.25) is 0 Å². The molecule has 2 bridgehead atoms. The Morgan fingerprint density at radius 2 is 2.00 bits per heavy atom. The summed E-state index contributed by atoms with van der Waals surface area (Å²) in [6.45, 7) is 8.30. The molecule has 5 heteroatoms. The number of esters is 1. The van der Waals surface area contributed by atoms with Crippen molar-refractivity contribution in [2.45, 2.75) is 63.4 Å². The summed E-state index contributed by atoms with van der Waals surface area (Å²) in [5.74, 6) is 0.310. The molecule has 2 spiro atoms. The quantitative estimate of drug-likeness (QED) is 0.568. The number of hydrogen-bond donors (Lipinski definition) is 1. The molecule has 5 fully saturated rings. The molecule has 22 heavy (non-hydrogen) atoms. The van der Waals surface area contributed by atoms with Crippen LogP contribution in [-0.2, 0) is 14.3 Å². The fraction of sp³-hybridized carbons (Fsp3) is 0.941. The molecule has 122 valence electrons. The monoisotopic (exact) mass is 370 g/mol. The molecule has 0 aromatic heterocycles. The molecule has 0 amide bonds. The summed E-state index contributed by atoms with van der Waals surface area (Å²) in [5.41, 5.74) is -2.85. The van der Waals surface area contributed by atoms with Gasteiger partial charge in [0.2, 0.25) is 0 Å². The normalized spacial score (nSPS) is 70.4. The van der Waals surface area contributed by atoms with E-state index in [2.05, 4.69) is 36.7 Å². The zero-order valence-corrected chi connectivity index (χ0v) is 15.1. The van der Waals surface area contributed by atoms with Gasteiger partial charge in [0, 0.05) is 17.2 Å². The number of halogens is 1. The maximum atomic E-state index is 12.7. The van der Waals surface area contributed by atoms with Gasteiger partial charge in [0.05, 0.1) is 22.0 Å². The Hall–Kier alpha value is -0.130. The van der Waals surface area contributed by atoms with Gasteiger partial charge in [-0.1, -0.05) is 29.8 Å². The minimum atomic E-state index is -0.936. The molecule has 5 rings (SSSR count). The Labute approximate surface area is 139 Å². The molecule has 1 N–H and O–H groups in total. The van der Waals surface area contributed by atoms with Crippen LogP contribution in [0.15, 0.2) is 0 Å². The summed E-state index contributed by atoms with van der Waals surface area (Å²) < 4.78 is 12.6. The van der Waals surface area contributed by atoms with Gasteiger partial charge in [-0.05, 0) is 32.6 Å². The van der Waals surface area contributed by atoms with Gasteiger partial charge in [0.1, 0.15) is 11.7 Å². The van der Waals surface area contributed by atoms with Crippen LogP contribution in [-0.4, -0.2) is 39.3 Å². The minimum absolute atomic E-state index is 0.0405. The number of hydrogen-bond acceptors (Lipinski definition) is 4. The van der Waals surface area contributed by atoms with E-state index in [9.17, 15) is 9.90 Å². The number of carbonyl (C=O) groups is 1. The van der Waals surface area contributed by atoms with E-state index in [0.717, 1.165) is 12.8 Å². The predicted octanol–water partition coefficient (Wildman–Crippen LogP) is 2.27. The van der Waals surface area contributed by atoms with Crippen LogP contribution in [0.3, 0.4) is 0 Å². The Bertz CT molecular complexity index is 620. The smallest absolute Gasteiger partial charge is 0.313 e. The van der Waals surface area contributed by atoms with E-state index in [-0.39, 0.29) is 23.9 Å². The number of fused-ring (bicyclic) bond motifs is 1. The topological polar surface area (TPSA) is 55.8 Å². The molecule has 6 unspecified atom stereocenters. The van der Waals surface area contributed by atoms with Crippen LogP contribution < -0.4 is 0 Å². The number of rotatable bonds is 1. The Kier molecular flexibility index (Phi) is 2.14. The van der Waals surface area contributed by atoms with Crippen molar-refractivity contribution in [1.29, 1.82) is 0 Å². The van der Waals surface area contributed by atoms with Crippen molar-refractivity contribution in [1.82, 2.24) is 0 Å². The summed E-state index contributed by atoms with van der Waals surface area (Å²) in [5, 5.41) is 12.3. The minimum Gasteiger partial charge on any atom is -0.461 e. The predicted molar refractivity (Wildman–Crippen MR) is 82.4 cm³/mol. The van der Waals surface area contributed by atoms with Crippen molar-refractivity contribution in [3.63, 3.8) is 0 Å². The van der Waals surface area contributed by atoms with Crippen LogP contribution in [0.4, 0.5) is 0 Å². The van der Waals surface area contributed by atoms with Crippen molar-refractivity contribution in [3.05, 3.63) is 0 Å². The van der Waals surface area contributed by atoms with Crippen molar-refractivity contribution >= 4 is 21.9 Å². The average Bonchev–Trinajstić information content (AvgIpc) is 3.00. The maximum absolute atomic E-state index is 12.7. The Morgan fingerprint density at radius 3 is 2.64 bits per heavy atom. The average molecular weight is 371 g/mol. The van der Waals surface area contributed by atoms with Gasteiger partial charge >= 0.3 is 5.97 Å². The van der Waals surface area contributed by atoms with Crippen molar-refractivity contribution in [2.75, 3.05) is 5.33 Å². The van der Waals surface area contributed by atoms with Gasteiger partial charge in [-0.3, -0.25) is 4.79 Å². The highest BCUT2D eigenvalue weighted by molar-refractivity contribution is 9.09. The van der Waals surface area contributed by atoms with Crippen LogP contribution in [0.1, 0.15) is 40.5 Å². The second-order valence-electron chi connectivity index (χ2n) is 8.96. The molecule has 3 aliphatic carbocycles. The number of ether oxygens (including phenoxy) is 2. The molecular formula is C17H23BrO4. The lowest BCUT2D eigenvalue weighted by atomic mass is 9.48. The first-order valence-electron chi connectivity index (χ1n) is 8.32. The van der Waals surface area contributed by atoms with Crippen LogP contribution >= 0.6 is 15.9 Å². The van der Waals surface area contributed by atoms with Crippen LogP contribution in [0.5, 0.6) is 0 Å². The Balaban J connectivity index is 1.81. The third-order valence-corrected chi connectivity index (χ3v) is 9.44. The van der Waals surface area contributed by atoms with Crippen molar-refractivity contribution in [2.24, 2.45) is 28.6 Å². The first kappa shape index (κ1) is 14.2. The summed E-state index contributed by atoms with van der Waals surface area (Å²) in [6.07, 6.45) is 1.55. The summed E-state index contributed by atoms with van der Waals surface area (Å²) in [7, 11) is 0. The molecule has 5 aliphatic rings. The molecule has 0 radical (unpaired) electrons. The summed E-state index contributed by atoms with van der Waals surface area (Å²) >= 11 is 3.61. The molecule has 2 saturated heterocycles. The van der Waals surface area contributed by atoms with E-state index < -0.39 is 27.6 Å². The largest absolute Gasteiger partial charge is 0.461 e. The second kappa shape index (κ2) is 3.31. The molecule has 0 aromatic carbocycles. The van der Waals surface area contributed by atoms with Gasteiger partial charge < -0.3 is 14.6 Å². The zero-order valence-electron chi connectivity index (χ0n) is 13.5. The molecule has 3 saturated carbocycles. The lowest BCUT2D eigenvalue weighted by molar-refractivity contribution is -0.239. The lowest BCUT2D eigenvalue weighted by Gasteiger charge is -2.57. The fourth-order valence-electron chi connectivity index (χ4n) is 7.69. The van der Waals surface area contributed by atoms with Gasteiger partial charge in [0.25, 0.3) is 0 Å². The lowest BCUT2D eigenvalue weighted by Crippen LogP contribution is -2.70. The van der Waals surface area contributed by atoms with E-state index in [4.69, 9.17) is 9.47 Å². The van der Waals surface area contributed by atoms with E-state index in [1.54, 1.807) is 0 Å². The molecule has 2 aliphatic heterocycles. The van der Waals surface area contributed by atoms with Crippen molar-refractivity contribution < 1.29 is 19.4 Å². The zero-order chi connectivity index (χ0) is 15.9. The SMILES string of the molecule is CC1C2OC(=O)[C@]34C[C@@H]3CC3(O[C@](C)(CBr)C1C3(C)O)C24C. The van der Waals surface area contributed by atoms with Gasteiger partial charge in [-0.2, -0.15) is 0 Å². The summed E-state index contributed by atoms with van der Waals surface area (Å²) in [6, 6.07) is 0. The third-order valence-electron chi connectivity index (χ3n) is 8.33. The number of alkyl halides is 1. The van der Waals surface area contributed by atoms with Crippen molar-refractivity contribution in [3.8, 4) is 0 Å². The van der Waals surface area contributed by atoms with Crippen LogP contribution in [0, 0.1) is 28.6 Å². The number of carbonyl (C=O) groups excluding carboxylic acids is 1. The fourth-order valence-corrected chi connectivity index (χ4v) is 8.16. The molecular weight excluding hydrogens is 348 g/mol. The van der Waals surface area contributed by atoms with Gasteiger partial charge in [0.15, 0.2) is 0 Å². The van der Waals surface area contributed by atoms with E-state index >= 15 is 0 Å². The first-order chi connectivity index (χ1) is 10.1. The van der Waals surface area contributed by atoms with Gasteiger partial charge in [-0.15, -0.1) is 0 Å². The van der Waals surface area contributed by atoms with E-state index in [0.29, 0.717) is 11.2 Å². The highest BCUT2D eigenvalue weighted by atomic mass is 79.9. The highest BCUT2D eigenvalue weighted by Gasteiger charge is 2.95. The molecule has 4 nitrogen and oxygen atoms in total. The highest BCUT2D eigenvalue weighted by Crippen LogP contribution is 2.87.